The van der Waals surface area contributed by atoms with E-state index in [1.54, 1.807) is 7.11 Å². The van der Waals surface area contributed by atoms with Crippen LogP contribution in [0, 0.1) is 6.92 Å². The zero-order chi connectivity index (χ0) is 17.1. The molecule has 0 saturated carbocycles. The summed E-state index contributed by atoms with van der Waals surface area (Å²) in [5, 5.41) is 6.33. The first-order valence-electron chi connectivity index (χ1n) is 8.48. The zero-order valence-electron chi connectivity index (χ0n) is 14.8. The fraction of sp³-hybridized carbons (Fsp3) is 0.273. The smallest absolute Gasteiger partial charge is 0.121 e. The first-order valence-corrected chi connectivity index (χ1v) is 8.48. The van der Waals surface area contributed by atoms with E-state index >= 15 is 0 Å². The van der Waals surface area contributed by atoms with Crippen LogP contribution in [0.3, 0.4) is 0 Å². The van der Waals surface area contributed by atoms with E-state index in [1.807, 2.05) is 6.07 Å². The highest BCUT2D eigenvalue weighted by Crippen LogP contribution is 2.28. The second kappa shape index (κ2) is 7.06. The summed E-state index contributed by atoms with van der Waals surface area (Å²) in [6, 6.07) is 22.0. The second-order valence-electron chi connectivity index (χ2n) is 6.41. The Morgan fingerprint density at radius 3 is 2.38 bits per heavy atom. The summed E-state index contributed by atoms with van der Waals surface area (Å²) < 4.78 is 5.36. The third-order valence-electron chi connectivity index (χ3n) is 4.71. The number of hydrogen-bond acceptors (Lipinski definition) is 2. The lowest BCUT2D eigenvalue weighted by Crippen LogP contribution is -2.22. The molecule has 24 heavy (non-hydrogen) atoms. The van der Waals surface area contributed by atoms with Crippen LogP contribution in [0.25, 0.3) is 10.8 Å². The number of hydrogen-bond donors (Lipinski definition) is 1. The molecule has 124 valence electrons. The predicted octanol–water partition coefficient (Wildman–Crippen LogP) is 5.57. The van der Waals surface area contributed by atoms with Gasteiger partial charge in [-0.1, -0.05) is 54.6 Å². The molecule has 3 rings (SSSR count). The maximum absolute atomic E-state index is 5.36. The van der Waals surface area contributed by atoms with Gasteiger partial charge in [0.2, 0.25) is 0 Å². The lowest BCUT2D eigenvalue weighted by molar-refractivity contribution is 0.411. The van der Waals surface area contributed by atoms with E-state index in [2.05, 4.69) is 80.7 Å². The van der Waals surface area contributed by atoms with Crippen molar-refractivity contribution in [3.05, 3.63) is 77.4 Å². The molecule has 0 amide bonds. The number of methoxy groups -OCH3 is 1. The summed E-state index contributed by atoms with van der Waals surface area (Å²) in [5.74, 6) is 0.938. The molecule has 0 saturated heterocycles. The van der Waals surface area contributed by atoms with Crippen molar-refractivity contribution < 1.29 is 4.74 Å². The van der Waals surface area contributed by atoms with E-state index in [9.17, 15) is 0 Å². The van der Waals surface area contributed by atoms with Crippen molar-refractivity contribution >= 4 is 10.8 Å². The Bertz CT molecular complexity index is 835. The van der Waals surface area contributed by atoms with Gasteiger partial charge in [-0.3, -0.25) is 0 Å². The molecule has 0 fully saturated rings. The highest BCUT2D eigenvalue weighted by Gasteiger charge is 2.14. The molecule has 3 aromatic carbocycles. The molecule has 0 bridgehead atoms. The maximum atomic E-state index is 5.36. The molecular formula is C22H25NO. The Morgan fingerprint density at radius 1 is 0.875 bits per heavy atom. The molecule has 2 nitrogen and oxygen atoms in total. The zero-order valence-corrected chi connectivity index (χ0v) is 14.8. The quantitative estimate of drug-likeness (QED) is 0.664. The number of ether oxygens (including phenoxy) is 1. The van der Waals surface area contributed by atoms with Gasteiger partial charge in [-0.05, 0) is 54.3 Å². The molecule has 0 heterocycles. The Labute approximate surface area is 144 Å². The Balaban J connectivity index is 1.83. The highest BCUT2D eigenvalue weighted by atomic mass is 16.5. The van der Waals surface area contributed by atoms with Crippen molar-refractivity contribution in [1.29, 1.82) is 0 Å². The minimum atomic E-state index is 0.267. The number of rotatable bonds is 5. The lowest BCUT2D eigenvalue weighted by atomic mass is 9.98. The highest BCUT2D eigenvalue weighted by molar-refractivity contribution is 5.86. The van der Waals surface area contributed by atoms with Crippen molar-refractivity contribution in [2.24, 2.45) is 0 Å². The molecule has 2 heteroatoms. The Kier molecular flexibility index (Phi) is 4.86. The topological polar surface area (TPSA) is 21.3 Å². The van der Waals surface area contributed by atoms with Gasteiger partial charge in [-0.25, -0.2) is 0 Å². The van der Waals surface area contributed by atoms with Crippen LogP contribution in [0.5, 0.6) is 5.75 Å². The third kappa shape index (κ3) is 3.29. The van der Waals surface area contributed by atoms with Crippen molar-refractivity contribution in [3.8, 4) is 5.75 Å². The van der Waals surface area contributed by atoms with Crippen LogP contribution in [0.15, 0.2) is 60.7 Å². The predicted molar refractivity (Wildman–Crippen MR) is 102 cm³/mol. The van der Waals surface area contributed by atoms with E-state index in [-0.39, 0.29) is 12.1 Å². The van der Waals surface area contributed by atoms with Gasteiger partial charge in [0.15, 0.2) is 0 Å². The van der Waals surface area contributed by atoms with Crippen LogP contribution in [0.1, 0.15) is 42.6 Å². The number of nitrogens with one attached hydrogen (secondary N) is 1. The molecular weight excluding hydrogens is 294 g/mol. The van der Waals surface area contributed by atoms with Crippen molar-refractivity contribution in [3.63, 3.8) is 0 Å². The van der Waals surface area contributed by atoms with Crippen LogP contribution in [-0.2, 0) is 0 Å². The van der Waals surface area contributed by atoms with Gasteiger partial charge in [-0.15, -0.1) is 0 Å². The summed E-state index contributed by atoms with van der Waals surface area (Å²) in [6.07, 6.45) is 0. The van der Waals surface area contributed by atoms with Gasteiger partial charge in [-0.2, -0.15) is 0 Å². The molecule has 0 spiro atoms. The van der Waals surface area contributed by atoms with Gasteiger partial charge in [0, 0.05) is 12.1 Å². The summed E-state index contributed by atoms with van der Waals surface area (Å²) >= 11 is 0. The molecule has 3 aromatic rings. The van der Waals surface area contributed by atoms with Crippen LogP contribution in [0.4, 0.5) is 0 Å². The summed E-state index contributed by atoms with van der Waals surface area (Å²) in [4.78, 5) is 0. The largest absolute Gasteiger partial charge is 0.496 e. The fourth-order valence-electron chi connectivity index (χ4n) is 3.36. The molecule has 0 aliphatic heterocycles. The van der Waals surface area contributed by atoms with Gasteiger partial charge in [0.1, 0.15) is 5.75 Å². The first-order chi connectivity index (χ1) is 11.6. The molecule has 1 N–H and O–H groups in total. The van der Waals surface area contributed by atoms with Crippen LogP contribution in [-0.4, -0.2) is 7.11 Å². The normalized spacial score (nSPS) is 13.7. The molecule has 0 radical (unpaired) electrons. The number of benzene rings is 3. The maximum Gasteiger partial charge on any atom is 0.121 e. The van der Waals surface area contributed by atoms with Crippen LogP contribution < -0.4 is 10.1 Å². The SMILES string of the molecule is COc1ccc([C@@H](C)N[C@H](C)c2cccc3ccccc23)cc1C. The van der Waals surface area contributed by atoms with Crippen molar-refractivity contribution in [2.45, 2.75) is 32.9 Å². The van der Waals surface area contributed by atoms with Crippen molar-refractivity contribution in [2.75, 3.05) is 7.11 Å². The second-order valence-corrected chi connectivity index (χ2v) is 6.41. The average molecular weight is 319 g/mol. The van der Waals surface area contributed by atoms with Crippen LogP contribution in [0.2, 0.25) is 0 Å². The summed E-state index contributed by atoms with van der Waals surface area (Å²) in [5.41, 5.74) is 3.78. The first kappa shape index (κ1) is 16.5. The average Bonchev–Trinajstić information content (AvgIpc) is 2.61. The van der Waals surface area contributed by atoms with Gasteiger partial charge in [0.05, 0.1) is 7.11 Å². The standard InChI is InChI=1S/C22H25NO/c1-15-14-19(12-13-22(15)24-4)16(2)23-17(3)20-11-7-9-18-8-5-6-10-21(18)20/h5-14,16-17,23H,1-4H3/t16-,17-/m1/s1. The Morgan fingerprint density at radius 2 is 1.62 bits per heavy atom. The van der Waals surface area contributed by atoms with E-state index in [0.29, 0.717) is 0 Å². The number of fused-ring (bicyclic) bond motifs is 1. The molecule has 2 atom stereocenters. The van der Waals surface area contributed by atoms with E-state index in [1.165, 1.54) is 27.5 Å². The molecule has 0 unspecified atom stereocenters. The van der Waals surface area contributed by atoms with E-state index in [4.69, 9.17) is 4.74 Å². The Hall–Kier alpha value is -2.32. The fourth-order valence-corrected chi connectivity index (χ4v) is 3.36. The molecule has 0 aromatic heterocycles. The molecule has 0 aliphatic carbocycles. The van der Waals surface area contributed by atoms with E-state index in [0.717, 1.165) is 5.75 Å². The van der Waals surface area contributed by atoms with Gasteiger partial charge in [0.25, 0.3) is 0 Å². The lowest BCUT2D eigenvalue weighted by Gasteiger charge is -2.22. The monoisotopic (exact) mass is 319 g/mol. The van der Waals surface area contributed by atoms with Gasteiger partial charge < -0.3 is 10.1 Å². The summed E-state index contributed by atoms with van der Waals surface area (Å²) in [6.45, 7) is 6.53. The summed E-state index contributed by atoms with van der Waals surface area (Å²) in [7, 11) is 1.71. The van der Waals surface area contributed by atoms with Gasteiger partial charge >= 0.3 is 0 Å². The minimum absolute atomic E-state index is 0.267. The third-order valence-corrected chi connectivity index (χ3v) is 4.71. The minimum Gasteiger partial charge on any atom is -0.496 e. The van der Waals surface area contributed by atoms with Crippen molar-refractivity contribution in [1.82, 2.24) is 5.32 Å². The van der Waals surface area contributed by atoms with Crippen LogP contribution >= 0.6 is 0 Å². The molecule has 0 aliphatic rings. The van der Waals surface area contributed by atoms with E-state index < -0.39 is 0 Å². The number of aryl methyl sites for hydroxylation is 1.